The van der Waals surface area contributed by atoms with Crippen LogP contribution in [0.4, 0.5) is 0 Å². The first kappa shape index (κ1) is 21.9. The maximum absolute atomic E-state index is 12.3. The molecule has 0 radical (unpaired) electrons. The lowest BCUT2D eigenvalue weighted by molar-refractivity contribution is -0.121. The van der Waals surface area contributed by atoms with Crippen LogP contribution in [0.25, 0.3) is 0 Å². The van der Waals surface area contributed by atoms with Gasteiger partial charge in [-0.25, -0.2) is 8.42 Å². The molecule has 1 aromatic rings. The van der Waals surface area contributed by atoms with Crippen LogP contribution < -0.4 is 14.8 Å². The lowest BCUT2D eigenvalue weighted by atomic mass is 10.1. The van der Waals surface area contributed by atoms with Crippen LogP contribution in [-0.2, 0) is 14.6 Å². The van der Waals surface area contributed by atoms with Gasteiger partial charge in [0.05, 0.1) is 30.3 Å². The summed E-state index contributed by atoms with van der Waals surface area (Å²) in [4.78, 5) is 12.3. The molecular formula is C22H33NO5S. The van der Waals surface area contributed by atoms with Crippen molar-refractivity contribution in [3.8, 4) is 11.5 Å². The van der Waals surface area contributed by atoms with Crippen molar-refractivity contribution < 1.29 is 22.7 Å². The lowest BCUT2D eigenvalue weighted by Crippen LogP contribution is -2.30. The third-order valence-electron chi connectivity index (χ3n) is 6.08. The number of hydrogen-bond acceptors (Lipinski definition) is 5. The number of sulfone groups is 1. The molecule has 0 spiro atoms. The number of benzene rings is 1. The molecule has 0 aromatic heterocycles. The van der Waals surface area contributed by atoms with Gasteiger partial charge in [0.1, 0.15) is 0 Å². The van der Waals surface area contributed by atoms with E-state index >= 15 is 0 Å². The summed E-state index contributed by atoms with van der Waals surface area (Å²) in [6.07, 6.45) is 8.18. The number of methoxy groups -OCH3 is 1. The van der Waals surface area contributed by atoms with Crippen molar-refractivity contribution in [1.29, 1.82) is 0 Å². The molecule has 2 saturated carbocycles. The number of rotatable bonds is 9. The Balaban J connectivity index is 1.55. The smallest absolute Gasteiger partial charge is 0.221 e. The third-order valence-corrected chi connectivity index (χ3v) is 8.35. The molecule has 2 aliphatic carbocycles. The minimum atomic E-state index is -3.18. The molecule has 1 atom stereocenters. The van der Waals surface area contributed by atoms with Crippen molar-refractivity contribution in [3.63, 3.8) is 0 Å². The number of carbonyl (C=O) groups is 1. The van der Waals surface area contributed by atoms with Crippen LogP contribution >= 0.6 is 0 Å². The van der Waals surface area contributed by atoms with Gasteiger partial charge < -0.3 is 14.8 Å². The van der Waals surface area contributed by atoms with Crippen molar-refractivity contribution in [1.82, 2.24) is 5.32 Å². The lowest BCUT2D eigenvalue weighted by Gasteiger charge is -2.19. The Labute approximate surface area is 174 Å². The third kappa shape index (κ3) is 5.87. The highest BCUT2D eigenvalue weighted by molar-refractivity contribution is 7.92. The summed E-state index contributed by atoms with van der Waals surface area (Å²) in [5.41, 5.74) is 0.896. The van der Waals surface area contributed by atoms with E-state index in [9.17, 15) is 13.2 Å². The molecular weight excluding hydrogens is 390 g/mol. The van der Waals surface area contributed by atoms with Crippen LogP contribution in [0.3, 0.4) is 0 Å². The second kappa shape index (κ2) is 9.83. The molecule has 1 unspecified atom stereocenters. The molecule has 2 aliphatic rings. The molecule has 2 fully saturated rings. The summed E-state index contributed by atoms with van der Waals surface area (Å²) >= 11 is 0. The van der Waals surface area contributed by atoms with Gasteiger partial charge in [0.25, 0.3) is 0 Å². The van der Waals surface area contributed by atoms with Crippen LogP contribution in [0, 0.1) is 0 Å². The van der Waals surface area contributed by atoms with Crippen molar-refractivity contribution >= 4 is 15.7 Å². The summed E-state index contributed by atoms with van der Waals surface area (Å²) in [6.45, 7) is 1.88. The number of carbonyl (C=O) groups excluding carboxylic acids is 1. The van der Waals surface area contributed by atoms with E-state index in [1.54, 1.807) is 7.11 Å². The van der Waals surface area contributed by atoms with Crippen molar-refractivity contribution in [2.24, 2.45) is 0 Å². The summed E-state index contributed by atoms with van der Waals surface area (Å²) < 4.78 is 36.2. The first-order valence-electron chi connectivity index (χ1n) is 10.7. The second-order valence-electron chi connectivity index (χ2n) is 8.25. The van der Waals surface area contributed by atoms with Crippen LogP contribution in [-0.4, -0.2) is 38.5 Å². The first-order valence-corrected chi connectivity index (χ1v) is 12.5. The van der Waals surface area contributed by atoms with Crippen LogP contribution in [0.15, 0.2) is 18.2 Å². The minimum absolute atomic E-state index is 0.00316. The van der Waals surface area contributed by atoms with E-state index < -0.39 is 9.84 Å². The van der Waals surface area contributed by atoms with E-state index in [0.717, 1.165) is 49.8 Å². The number of hydrogen-bond donors (Lipinski definition) is 1. The molecule has 29 heavy (non-hydrogen) atoms. The Morgan fingerprint density at radius 3 is 2.41 bits per heavy atom. The monoisotopic (exact) mass is 423 g/mol. The van der Waals surface area contributed by atoms with E-state index in [1.807, 2.05) is 25.1 Å². The molecule has 6 nitrogen and oxygen atoms in total. The molecule has 162 valence electrons. The summed E-state index contributed by atoms with van der Waals surface area (Å²) in [6, 6.07) is 5.45. The topological polar surface area (TPSA) is 81.7 Å². The zero-order valence-corrected chi connectivity index (χ0v) is 18.3. The van der Waals surface area contributed by atoms with E-state index in [4.69, 9.17) is 9.47 Å². The molecule has 0 heterocycles. The molecule has 7 heteroatoms. The van der Waals surface area contributed by atoms with Crippen LogP contribution in [0.2, 0.25) is 0 Å². The zero-order valence-electron chi connectivity index (χ0n) is 17.5. The van der Waals surface area contributed by atoms with Gasteiger partial charge in [-0.1, -0.05) is 18.9 Å². The molecule has 0 bridgehead atoms. The standard InChI is InChI=1S/C22H33NO5S/c1-16(23-22(24)13-14-29(25,26)19-9-5-6-10-19)17-11-12-20(21(15-17)27-2)28-18-7-3-4-8-18/h11-12,15-16,18-19H,3-10,13-14H2,1-2H3,(H,23,24). The zero-order chi connectivity index (χ0) is 20.9. The Bertz CT molecular complexity index is 795. The van der Waals surface area contributed by atoms with Gasteiger partial charge in [-0.2, -0.15) is 0 Å². The molecule has 3 rings (SSSR count). The van der Waals surface area contributed by atoms with Crippen molar-refractivity contribution in [3.05, 3.63) is 23.8 Å². The minimum Gasteiger partial charge on any atom is -0.493 e. The first-order chi connectivity index (χ1) is 13.9. The van der Waals surface area contributed by atoms with Crippen molar-refractivity contribution in [2.75, 3.05) is 12.9 Å². The van der Waals surface area contributed by atoms with E-state index in [1.165, 1.54) is 12.8 Å². The second-order valence-corrected chi connectivity index (χ2v) is 10.6. The molecule has 1 amide bonds. The van der Waals surface area contributed by atoms with Gasteiger partial charge in [-0.15, -0.1) is 0 Å². The number of amides is 1. The predicted octanol–water partition coefficient (Wildman–Crippen LogP) is 3.94. The summed E-state index contributed by atoms with van der Waals surface area (Å²) in [5.74, 6) is 1.06. The van der Waals surface area contributed by atoms with Gasteiger partial charge in [0.15, 0.2) is 21.3 Å². The average molecular weight is 424 g/mol. The fraction of sp³-hybridized carbons (Fsp3) is 0.682. The maximum atomic E-state index is 12.3. The highest BCUT2D eigenvalue weighted by atomic mass is 32.2. The summed E-state index contributed by atoms with van der Waals surface area (Å²) in [5, 5.41) is 2.64. The van der Waals surface area contributed by atoms with Crippen molar-refractivity contribution in [2.45, 2.75) is 82.1 Å². The predicted molar refractivity (Wildman–Crippen MR) is 113 cm³/mol. The maximum Gasteiger partial charge on any atom is 0.221 e. The highest BCUT2D eigenvalue weighted by Gasteiger charge is 2.29. The van der Waals surface area contributed by atoms with Crippen LogP contribution in [0.1, 0.15) is 76.3 Å². The quantitative estimate of drug-likeness (QED) is 0.651. The Morgan fingerprint density at radius 1 is 1.10 bits per heavy atom. The Morgan fingerprint density at radius 2 is 1.76 bits per heavy atom. The number of ether oxygens (including phenoxy) is 2. The van der Waals surface area contributed by atoms with E-state index in [2.05, 4.69) is 5.32 Å². The van der Waals surface area contributed by atoms with Gasteiger partial charge >= 0.3 is 0 Å². The largest absolute Gasteiger partial charge is 0.493 e. The Kier molecular flexibility index (Phi) is 7.44. The van der Waals surface area contributed by atoms with Crippen LogP contribution in [0.5, 0.6) is 11.5 Å². The fourth-order valence-electron chi connectivity index (χ4n) is 4.28. The molecule has 0 aliphatic heterocycles. The summed E-state index contributed by atoms with van der Waals surface area (Å²) in [7, 11) is -1.57. The average Bonchev–Trinajstić information content (AvgIpc) is 3.41. The molecule has 1 N–H and O–H groups in total. The van der Waals surface area contributed by atoms with Gasteiger partial charge in [-0.3, -0.25) is 4.79 Å². The molecule has 0 saturated heterocycles. The number of nitrogens with one attached hydrogen (secondary N) is 1. The highest BCUT2D eigenvalue weighted by Crippen LogP contribution is 2.33. The van der Waals surface area contributed by atoms with Gasteiger partial charge in [0.2, 0.25) is 5.91 Å². The van der Waals surface area contributed by atoms with Gasteiger partial charge in [-0.05, 0) is 63.1 Å². The normalized spacial score (nSPS) is 19.2. The SMILES string of the molecule is COc1cc(C(C)NC(=O)CCS(=O)(=O)C2CCCC2)ccc1OC1CCCC1. The van der Waals surface area contributed by atoms with Gasteiger partial charge in [0, 0.05) is 6.42 Å². The fourth-order valence-corrected chi connectivity index (χ4v) is 6.14. The molecule has 1 aromatic carbocycles. The Hall–Kier alpha value is -1.76. The van der Waals surface area contributed by atoms with E-state index in [-0.39, 0.29) is 35.5 Å². The van der Waals surface area contributed by atoms with E-state index in [0.29, 0.717) is 5.75 Å².